The lowest BCUT2D eigenvalue weighted by Crippen LogP contribution is -2.21. The maximum absolute atomic E-state index is 15.3. The molecule has 6 rings (SSSR count). The van der Waals surface area contributed by atoms with Crippen LogP contribution in [0.15, 0.2) is 77.2 Å². The van der Waals surface area contributed by atoms with E-state index in [-0.39, 0.29) is 35.1 Å². The Kier molecular flexibility index (Phi) is 8.08. The van der Waals surface area contributed by atoms with Gasteiger partial charge in [0.2, 0.25) is 11.8 Å². The van der Waals surface area contributed by atoms with Gasteiger partial charge in [-0.2, -0.15) is 18.3 Å². The number of aliphatic hydroxyl groups is 1. The molecular weight excluding hydrogens is 594 g/mol. The molecule has 2 aromatic heterocycles. The van der Waals surface area contributed by atoms with Crippen molar-refractivity contribution >= 4 is 17.6 Å². The highest BCUT2D eigenvalue weighted by Gasteiger charge is 2.35. The van der Waals surface area contributed by atoms with Gasteiger partial charge in [-0.25, -0.2) is 9.07 Å². The van der Waals surface area contributed by atoms with Crippen LogP contribution in [0, 0.1) is 5.82 Å². The van der Waals surface area contributed by atoms with E-state index in [1.807, 2.05) is 24.3 Å². The Bertz CT molecular complexity index is 1850. The van der Waals surface area contributed by atoms with Crippen LogP contribution in [0.5, 0.6) is 0 Å². The Morgan fingerprint density at radius 2 is 1.87 bits per heavy atom. The second kappa shape index (κ2) is 12.1. The molecule has 1 aliphatic heterocycles. The third-order valence-electron chi connectivity index (χ3n) is 7.41. The first-order chi connectivity index (χ1) is 21.5. The molecule has 5 aromatic rings. The molecular formula is C31H27F4N7O3. The molecule has 4 N–H and O–H groups in total. The minimum atomic E-state index is -4.78. The third-order valence-corrected chi connectivity index (χ3v) is 7.41. The fourth-order valence-corrected chi connectivity index (χ4v) is 5.31. The maximum atomic E-state index is 15.3. The number of carbonyl (C=O) groups excluding carboxylic acids is 1. The summed E-state index contributed by atoms with van der Waals surface area (Å²) in [4.78, 5) is 15.1. The van der Waals surface area contributed by atoms with Crippen molar-refractivity contribution in [2.45, 2.75) is 31.7 Å². The number of nitrogen functional groups attached to an aromatic ring is 1. The monoisotopic (exact) mass is 621 g/mol. The summed E-state index contributed by atoms with van der Waals surface area (Å²) in [5, 5.41) is 23.4. The van der Waals surface area contributed by atoms with Gasteiger partial charge in [0, 0.05) is 25.2 Å². The van der Waals surface area contributed by atoms with E-state index >= 15 is 4.39 Å². The molecule has 0 radical (unpaired) electrons. The van der Waals surface area contributed by atoms with Crippen molar-refractivity contribution in [1.29, 1.82) is 0 Å². The van der Waals surface area contributed by atoms with Crippen LogP contribution < -0.4 is 11.1 Å². The molecule has 0 aliphatic carbocycles. The number of likely N-dealkylation sites (tertiary alicyclic amines) is 1. The summed E-state index contributed by atoms with van der Waals surface area (Å²) in [5.74, 6) is -1.40. The fraction of sp³-hybridized carbons (Fsp3) is 0.226. The first kappa shape index (κ1) is 30.0. The second-order valence-electron chi connectivity index (χ2n) is 10.7. The zero-order valence-electron chi connectivity index (χ0n) is 23.6. The summed E-state index contributed by atoms with van der Waals surface area (Å²) in [6, 6.07) is 18.6. The highest BCUT2D eigenvalue weighted by atomic mass is 19.4. The van der Waals surface area contributed by atoms with Crippen LogP contribution in [0.25, 0.3) is 28.3 Å². The maximum Gasteiger partial charge on any atom is 0.435 e. The molecule has 1 saturated heterocycles. The van der Waals surface area contributed by atoms with Crippen molar-refractivity contribution in [2.24, 2.45) is 0 Å². The van der Waals surface area contributed by atoms with E-state index in [4.69, 9.17) is 10.2 Å². The number of aliphatic hydroxyl groups excluding tert-OH is 1. The molecule has 0 unspecified atom stereocenters. The predicted octanol–water partition coefficient (Wildman–Crippen LogP) is 5.08. The standard InChI is InChI=1S/C31H27F4N7O3/c32-25-13-18(24-7-2-1-4-20(24)16-41-11-10-23(43)17-41)8-9-26(25)37-28(44)15-22-14-27(31(33,34)35)40-42(22)21-6-3-5-19(12-21)29-38-39-30(36)45-29/h1-9,12-14,23,43H,10-11,15-17H2,(H2,36,39)(H,37,44)/t23-/m0/s1. The third kappa shape index (κ3) is 6.71. The minimum Gasteiger partial charge on any atom is -0.404 e. The SMILES string of the molecule is Nc1nnc(-c2cccc(-n3nc(C(F)(F)F)cc3CC(=O)Nc3ccc(-c4ccccc4CN4CC[C@H](O)C4)cc3F)c2)o1. The first-order valence-corrected chi connectivity index (χ1v) is 14.0. The van der Waals surface area contributed by atoms with Crippen molar-refractivity contribution in [3.63, 3.8) is 0 Å². The van der Waals surface area contributed by atoms with E-state index in [2.05, 4.69) is 25.5 Å². The predicted molar refractivity (Wildman–Crippen MR) is 156 cm³/mol. The summed E-state index contributed by atoms with van der Waals surface area (Å²) < 4.78 is 62.4. The number of hydrogen-bond acceptors (Lipinski definition) is 8. The Morgan fingerprint density at radius 1 is 1.04 bits per heavy atom. The number of carbonyl (C=O) groups is 1. The lowest BCUT2D eigenvalue weighted by atomic mass is 9.99. The number of hydrogen-bond donors (Lipinski definition) is 3. The zero-order valence-corrected chi connectivity index (χ0v) is 23.6. The normalized spacial score (nSPS) is 15.4. The van der Waals surface area contributed by atoms with E-state index < -0.39 is 30.0 Å². The van der Waals surface area contributed by atoms with Crippen molar-refractivity contribution in [3.8, 4) is 28.3 Å². The summed E-state index contributed by atoms with van der Waals surface area (Å²) in [5.41, 5.74) is 7.01. The van der Waals surface area contributed by atoms with Crippen LogP contribution >= 0.6 is 0 Å². The molecule has 10 nitrogen and oxygen atoms in total. The topological polar surface area (TPSA) is 135 Å². The van der Waals surface area contributed by atoms with Gasteiger partial charge >= 0.3 is 12.2 Å². The Balaban J connectivity index is 1.22. The smallest absolute Gasteiger partial charge is 0.404 e. The van der Waals surface area contributed by atoms with E-state index in [1.54, 1.807) is 18.2 Å². The lowest BCUT2D eigenvalue weighted by molar-refractivity contribution is -0.141. The van der Waals surface area contributed by atoms with Crippen LogP contribution in [0.1, 0.15) is 23.4 Å². The number of nitrogens with two attached hydrogens (primary N) is 1. The molecule has 1 amide bonds. The van der Waals surface area contributed by atoms with Gasteiger partial charge in [0.25, 0.3) is 0 Å². The summed E-state index contributed by atoms with van der Waals surface area (Å²) in [7, 11) is 0. The van der Waals surface area contributed by atoms with Gasteiger partial charge in [0.1, 0.15) is 5.82 Å². The lowest BCUT2D eigenvalue weighted by Gasteiger charge is -2.18. The molecule has 3 aromatic carbocycles. The van der Waals surface area contributed by atoms with Crippen LogP contribution in [0.2, 0.25) is 0 Å². The van der Waals surface area contributed by atoms with Gasteiger partial charge in [0.05, 0.1) is 29.6 Å². The van der Waals surface area contributed by atoms with Gasteiger partial charge in [-0.15, -0.1) is 5.10 Å². The number of rotatable bonds is 8. The molecule has 45 heavy (non-hydrogen) atoms. The molecule has 0 bridgehead atoms. The molecule has 1 atom stereocenters. The van der Waals surface area contributed by atoms with Crippen LogP contribution in [-0.4, -0.2) is 55.1 Å². The highest BCUT2D eigenvalue weighted by molar-refractivity contribution is 5.92. The Hall–Kier alpha value is -5.08. The number of benzene rings is 3. The second-order valence-corrected chi connectivity index (χ2v) is 10.7. The summed E-state index contributed by atoms with van der Waals surface area (Å²) in [6.45, 7) is 1.92. The molecule has 0 spiro atoms. The fourth-order valence-electron chi connectivity index (χ4n) is 5.31. The molecule has 1 aliphatic rings. The Labute approximate surface area is 254 Å². The first-order valence-electron chi connectivity index (χ1n) is 14.0. The van der Waals surface area contributed by atoms with Crippen molar-refractivity contribution in [1.82, 2.24) is 24.9 Å². The van der Waals surface area contributed by atoms with Crippen LogP contribution in [-0.2, 0) is 23.9 Å². The number of β-amino-alcohol motifs (C(OH)–C–C–N with tert-alkyl or cyclic N) is 1. The van der Waals surface area contributed by atoms with Gasteiger partial charge in [-0.05, 0) is 59.5 Å². The van der Waals surface area contributed by atoms with E-state index in [0.717, 1.165) is 28.4 Å². The number of amides is 1. The largest absolute Gasteiger partial charge is 0.435 e. The minimum absolute atomic E-state index is 0.0493. The molecule has 0 saturated carbocycles. The molecule has 14 heteroatoms. The summed E-state index contributed by atoms with van der Waals surface area (Å²) in [6.07, 6.45) is -4.97. The zero-order chi connectivity index (χ0) is 31.7. The van der Waals surface area contributed by atoms with Crippen LogP contribution in [0.4, 0.5) is 29.3 Å². The number of anilines is 2. The van der Waals surface area contributed by atoms with Gasteiger partial charge in [-0.3, -0.25) is 9.69 Å². The average Bonchev–Trinajstić information content (AvgIpc) is 3.74. The number of aromatic nitrogens is 4. The van der Waals surface area contributed by atoms with Crippen molar-refractivity contribution in [2.75, 3.05) is 24.1 Å². The van der Waals surface area contributed by atoms with Crippen molar-refractivity contribution in [3.05, 3.63) is 95.6 Å². The van der Waals surface area contributed by atoms with Gasteiger partial charge in [0.15, 0.2) is 5.69 Å². The number of nitrogens with zero attached hydrogens (tertiary/aromatic N) is 5. The highest BCUT2D eigenvalue weighted by Crippen LogP contribution is 2.32. The van der Waals surface area contributed by atoms with E-state index in [0.29, 0.717) is 30.6 Å². The summed E-state index contributed by atoms with van der Waals surface area (Å²) >= 11 is 0. The van der Waals surface area contributed by atoms with Crippen LogP contribution in [0.3, 0.4) is 0 Å². The Morgan fingerprint density at radius 3 is 2.58 bits per heavy atom. The molecule has 232 valence electrons. The van der Waals surface area contributed by atoms with E-state index in [1.165, 1.54) is 24.3 Å². The number of halogens is 4. The molecule has 1 fully saturated rings. The number of alkyl halides is 3. The van der Waals surface area contributed by atoms with Gasteiger partial charge < -0.3 is 20.6 Å². The molecule has 3 heterocycles. The van der Waals surface area contributed by atoms with Gasteiger partial charge in [-0.1, -0.05) is 41.5 Å². The number of nitrogens with one attached hydrogen (secondary N) is 1. The van der Waals surface area contributed by atoms with Crippen molar-refractivity contribution < 1.29 is 31.9 Å². The quantitative estimate of drug-likeness (QED) is 0.204. The van der Waals surface area contributed by atoms with E-state index in [9.17, 15) is 23.1 Å². The average molecular weight is 622 g/mol.